The summed E-state index contributed by atoms with van der Waals surface area (Å²) in [4.78, 5) is 28.8. The van der Waals surface area contributed by atoms with Crippen molar-refractivity contribution in [3.63, 3.8) is 0 Å². The summed E-state index contributed by atoms with van der Waals surface area (Å²) in [6.07, 6.45) is 7.77. The summed E-state index contributed by atoms with van der Waals surface area (Å²) < 4.78 is 39.6. The van der Waals surface area contributed by atoms with Crippen molar-refractivity contribution in [2.75, 3.05) is 32.1 Å². The Morgan fingerprint density at radius 1 is 1.02 bits per heavy atom. The monoisotopic (exact) mass is 680 g/mol. The van der Waals surface area contributed by atoms with Gasteiger partial charge in [0.25, 0.3) is 0 Å². The molecule has 4 aliphatic rings. The van der Waals surface area contributed by atoms with E-state index in [9.17, 15) is 18.0 Å². The summed E-state index contributed by atoms with van der Waals surface area (Å²) in [5, 5.41) is 3.99. The van der Waals surface area contributed by atoms with Crippen LogP contribution < -0.4 is 11.1 Å². The van der Waals surface area contributed by atoms with Crippen LogP contribution in [0.3, 0.4) is 0 Å². The van der Waals surface area contributed by atoms with E-state index in [1.54, 1.807) is 9.21 Å². The molecule has 1 aliphatic carbocycles. The highest BCUT2D eigenvalue weighted by atomic mass is 35.5. The van der Waals surface area contributed by atoms with Crippen LogP contribution in [-0.4, -0.2) is 91.4 Å². The minimum atomic E-state index is -3.42. The van der Waals surface area contributed by atoms with E-state index in [4.69, 9.17) is 26.8 Å². The van der Waals surface area contributed by atoms with Crippen LogP contribution in [0.2, 0.25) is 5.02 Å². The maximum Gasteiger partial charge on any atom is 0.410 e. The number of rotatable bonds is 8. The van der Waals surface area contributed by atoms with Crippen LogP contribution in [0.15, 0.2) is 24.3 Å². The lowest BCUT2D eigenvalue weighted by atomic mass is 9.76. The molecule has 1 aromatic rings. The SMILES string of the molecule is CC(C)(C)OC(=O)N1C[C@H](CC[C@H]2CCCC[C@@H]2NC(=O)[C@@H](N)[C@@H](c2ccc(Cl)cc2)C2CCOCC2)N2C[C@H]1CCCS2(=O)=O. The van der Waals surface area contributed by atoms with E-state index in [2.05, 4.69) is 5.32 Å². The second-order valence-electron chi connectivity index (χ2n) is 14.8. The molecule has 0 aromatic heterocycles. The van der Waals surface area contributed by atoms with Crippen molar-refractivity contribution < 1.29 is 27.5 Å². The van der Waals surface area contributed by atoms with Crippen LogP contribution in [0.4, 0.5) is 4.79 Å². The van der Waals surface area contributed by atoms with Crippen LogP contribution in [0.5, 0.6) is 0 Å². The minimum Gasteiger partial charge on any atom is -0.444 e. The molecule has 1 saturated carbocycles. The molecule has 3 saturated heterocycles. The van der Waals surface area contributed by atoms with Gasteiger partial charge >= 0.3 is 6.09 Å². The largest absolute Gasteiger partial charge is 0.444 e. The van der Waals surface area contributed by atoms with Crippen molar-refractivity contribution in [1.29, 1.82) is 0 Å². The number of nitrogens with one attached hydrogen (secondary N) is 1. The van der Waals surface area contributed by atoms with Crippen LogP contribution in [0.1, 0.15) is 96.5 Å². The Bertz CT molecular complexity index is 1300. The molecule has 46 heavy (non-hydrogen) atoms. The number of ether oxygens (including phenoxy) is 2. The number of carbonyl (C=O) groups excluding carboxylic acids is 2. The smallest absolute Gasteiger partial charge is 0.410 e. The third-order valence-corrected chi connectivity index (χ3v) is 12.6. The van der Waals surface area contributed by atoms with E-state index >= 15 is 0 Å². The molecular formula is C34H53ClN4O6S. The first-order valence-electron chi connectivity index (χ1n) is 17.2. The van der Waals surface area contributed by atoms with Gasteiger partial charge in [0.2, 0.25) is 15.9 Å². The molecule has 12 heteroatoms. The number of piperazine rings is 1. The van der Waals surface area contributed by atoms with Gasteiger partial charge in [-0.1, -0.05) is 36.6 Å². The number of hydrogen-bond acceptors (Lipinski definition) is 7. The van der Waals surface area contributed by atoms with E-state index in [-0.39, 0.29) is 53.6 Å². The summed E-state index contributed by atoms with van der Waals surface area (Å²) in [7, 11) is -3.42. The zero-order valence-corrected chi connectivity index (χ0v) is 29.2. The number of sulfonamides is 1. The van der Waals surface area contributed by atoms with Crippen LogP contribution in [-0.2, 0) is 24.3 Å². The highest BCUT2D eigenvalue weighted by Gasteiger charge is 2.45. The lowest BCUT2D eigenvalue weighted by Crippen LogP contribution is -2.60. The Labute approximate surface area is 280 Å². The molecule has 10 nitrogen and oxygen atoms in total. The molecule has 1 aromatic carbocycles. The van der Waals surface area contributed by atoms with E-state index in [1.165, 1.54) is 0 Å². The van der Waals surface area contributed by atoms with Crippen molar-refractivity contribution in [2.24, 2.45) is 17.6 Å². The van der Waals surface area contributed by atoms with Crippen molar-refractivity contribution in [1.82, 2.24) is 14.5 Å². The first-order valence-corrected chi connectivity index (χ1v) is 19.2. The standard InChI is InChI=1S/C34H53ClN4O6S/c1-34(2,3)45-33(41)38-21-28(39-22-27(38)8-6-20-46(39,42)43)15-12-23-7-4-5-9-29(23)37-32(40)31(36)30(25-16-18-44-19-17-25)24-10-13-26(35)14-11-24/h10-11,13-14,23,25,27-31H,4-9,12,15-22,36H2,1-3H3,(H,37,40)/t23-,27-,28+,29+,30+,31+/m1/s1. The molecule has 5 rings (SSSR count). The third kappa shape index (κ3) is 8.75. The highest BCUT2D eigenvalue weighted by Crippen LogP contribution is 2.37. The number of amides is 2. The lowest BCUT2D eigenvalue weighted by Gasteiger charge is -2.45. The average molecular weight is 681 g/mol. The topological polar surface area (TPSA) is 131 Å². The van der Waals surface area contributed by atoms with Crippen molar-refractivity contribution in [3.05, 3.63) is 34.9 Å². The Balaban J connectivity index is 1.27. The van der Waals surface area contributed by atoms with E-state index < -0.39 is 21.7 Å². The molecule has 0 radical (unpaired) electrons. The van der Waals surface area contributed by atoms with Gasteiger partial charge in [-0.15, -0.1) is 0 Å². The van der Waals surface area contributed by atoms with Gasteiger partial charge < -0.3 is 25.4 Å². The summed E-state index contributed by atoms with van der Waals surface area (Å²) >= 11 is 6.18. The number of benzene rings is 1. The Kier molecular flexibility index (Phi) is 11.6. The van der Waals surface area contributed by atoms with Crippen LogP contribution in [0.25, 0.3) is 0 Å². The van der Waals surface area contributed by atoms with Gasteiger partial charge in [0.05, 0.1) is 11.8 Å². The van der Waals surface area contributed by atoms with E-state index in [0.717, 1.165) is 50.5 Å². The molecule has 258 valence electrons. The average Bonchev–Trinajstić information content (AvgIpc) is 3.13. The number of halogens is 1. The quantitative estimate of drug-likeness (QED) is 0.393. The second kappa shape index (κ2) is 15.1. The summed E-state index contributed by atoms with van der Waals surface area (Å²) in [6.45, 7) is 7.50. The van der Waals surface area contributed by atoms with Crippen LogP contribution >= 0.6 is 11.6 Å². The zero-order valence-electron chi connectivity index (χ0n) is 27.7. The summed E-state index contributed by atoms with van der Waals surface area (Å²) in [5.74, 6) is 0.241. The van der Waals surface area contributed by atoms with Gasteiger partial charge in [0.15, 0.2) is 0 Å². The first kappa shape index (κ1) is 35.4. The zero-order chi connectivity index (χ0) is 33.1. The minimum absolute atomic E-state index is 0.0353. The predicted octanol–water partition coefficient (Wildman–Crippen LogP) is 5.05. The summed E-state index contributed by atoms with van der Waals surface area (Å²) in [5.41, 5.74) is 7.18. The number of hydrogen-bond donors (Lipinski definition) is 2. The Hall–Kier alpha value is -1.92. The molecule has 0 spiro atoms. The Morgan fingerprint density at radius 3 is 2.41 bits per heavy atom. The summed E-state index contributed by atoms with van der Waals surface area (Å²) in [6, 6.07) is 6.40. The van der Waals surface area contributed by atoms with Gasteiger partial charge in [-0.25, -0.2) is 13.2 Å². The van der Waals surface area contributed by atoms with Crippen molar-refractivity contribution >= 4 is 33.6 Å². The molecule has 3 heterocycles. The van der Waals surface area contributed by atoms with Gasteiger partial charge in [0, 0.05) is 55.4 Å². The Morgan fingerprint density at radius 2 is 1.72 bits per heavy atom. The fraction of sp³-hybridized carbons (Fsp3) is 0.765. The molecule has 3 N–H and O–H groups in total. The predicted molar refractivity (Wildman–Crippen MR) is 179 cm³/mol. The third-order valence-electron chi connectivity index (χ3n) is 10.4. The number of carbonyl (C=O) groups is 2. The number of nitrogens with two attached hydrogens (primary N) is 1. The van der Waals surface area contributed by atoms with Gasteiger partial charge in [-0.05, 0) is 102 Å². The van der Waals surface area contributed by atoms with Gasteiger partial charge in [-0.3, -0.25) is 4.79 Å². The van der Waals surface area contributed by atoms with Crippen LogP contribution in [0, 0.1) is 11.8 Å². The first-order chi connectivity index (χ1) is 21.8. The fourth-order valence-electron chi connectivity index (χ4n) is 8.03. The second-order valence-corrected chi connectivity index (χ2v) is 17.2. The van der Waals surface area contributed by atoms with E-state index in [0.29, 0.717) is 50.6 Å². The molecule has 2 bridgehead atoms. The van der Waals surface area contributed by atoms with Gasteiger partial charge in [-0.2, -0.15) is 4.31 Å². The molecule has 2 amide bonds. The molecule has 1 unspecified atom stereocenters. The molecular weight excluding hydrogens is 628 g/mol. The molecule has 7 atom stereocenters. The number of fused-ring (bicyclic) bond motifs is 2. The van der Waals surface area contributed by atoms with Crippen molar-refractivity contribution in [3.8, 4) is 0 Å². The molecule has 3 aliphatic heterocycles. The number of nitrogens with zero attached hydrogens (tertiary/aromatic N) is 2. The molecule has 4 fully saturated rings. The maximum atomic E-state index is 13.8. The fourth-order valence-corrected chi connectivity index (χ4v) is 9.95. The lowest BCUT2D eigenvalue weighted by molar-refractivity contribution is -0.124. The van der Waals surface area contributed by atoms with Crippen molar-refractivity contribution in [2.45, 2.75) is 121 Å². The maximum absolute atomic E-state index is 13.8. The normalized spacial score (nSPS) is 30.1. The van der Waals surface area contributed by atoms with Gasteiger partial charge in [0.1, 0.15) is 5.60 Å². The highest BCUT2D eigenvalue weighted by molar-refractivity contribution is 7.89. The van der Waals surface area contributed by atoms with E-state index in [1.807, 2.05) is 45.0 Å².